The molecular weight excluding hydrogens is 220 g/mol. The second-order valence-corrected chi connectivity index (χ2v) is 3.08. The smallest absolute Gasteiger partial charge is 0.292 e. The molecule has 0 fully saturated rings. The number of carbonyl (C=O) groups excluding carboxylic acids is 2. The summed E-state index contributed by atoms with van der Waals surface area (Å²) in [6.45, 7) is 0. The zero-order valence-corrected chi connectivity index (χ0v) is 9.16. The van der Waals surface area contributed by atoms with Crippen LogP contribution in [0.15, 0.2) is 36.4 Å². The number of anilines is 1. The number of likely N-dealkylation sites (N-methyl/N-ethyl adjacent to an activating group) is 1. The van der Waals surface area contributed by atoms with Crippen molar-refractivity contribution in [1.29, 1.82) is 5.26 Å². The van der Waals surface area contributed by atoms with E-state index in [4.69, 9.17) is 5.26 Å². The topological polar surface area (TPSA) is 70.4 Å². The number of rotatable bonds is 4. The highest BCUT2D eigenvalue weighted by Crippen LogP contribution is 2.18. The molecule has 0 aliphatic carbocycles. The van der Waals surface area contributed by atoms with Gasteiger partial charge < -0.3 is 9.64 Å². The lowest BCUT2D eigenvalue weighted by Gasteiger charge is -2.15. The lowest BCUT2D eigenvalue weighted by molar-refractivity contribution is -0.114. The summed E-state index contributed by atoms with van der Waals surface area (Å²) in [5, 5.41) is 8.30. The Hall–Kier alpha value is -2.61. The van der Waals surface area contributed by atoms with Gasteiger partial charge in [-0.3, -0.25) is 9.59 Å². The largest absolute Gasteiger partial charge is 0.388 e. The predicted molar refractivity (Wildman–Crippen MR) is 61.3 cm³/mol. The second kappa shape index (κ2) is 6.08. The third-order valence-corrected chi connectivity index (χ3v) is 2.04. The maximum absolute atomic E-state index is 11.5. The minimum absolute atomic E-state index is 0.314. The summed E-state index contributed by atoms with van der Waals surface area (Å²) >= 11 is 0. The summed E-state index contributed by atoms with van der Waals surface area (Å²) in [5.74, 6) is 0.0894. The first kappa shape index (κ1) is 12.5. The van der Waals surface area contributed by atoms with Gasteiger partial charge >= 0.3 is 0 Å². The molecule has 5 heteroatoms. The number of hydrogen-bond acceptors (Lipinski definition) is 4. The number of nitriles is 1. The lowest BCUT2D eigenvalue weighted by Crippen LogP contribution is -2.23. The van der Waals surface area contributed by atoms with Gasteiger partial charge in [0.25, 0.3) is 12.2 Å². The molecule has 0 unspecified atom stereocenters. The lowest BCUT2D eigenvalue weighted by atomic mass is 10.2. The first-order chi connectivity index (χ1) is 8.19. The van der Waals surface area contributed by atoms with Crippen molar-refractivity contribution in [2.75, 3.05) is 11.9 Å². The first-order valence-corrected chi connectivity index (χ1v) is 4.74. The molecule has 1 aromatic rings. The van der Waals surface area contributed by atoms with Gasteiger partial charge in [0.05, 0.1) is 0 Å². The van der Waals surface area contributed by atoms with E-state index >= 15 is 0 Å². The molecule has 17 heavy (non-hydrogen) atoms. The Balaban J connectivity index is 2.79. The highest BCUT2D eigenvalue weighted by molar-refractivity contribution is 6.02. The van der Waals surface area contributed by atoms with Crippen molar-refractivity contribution in [2.45, 2.75) is 0 Å². The predicted octanol–water partition coefficient (Wildman–Crippen LogP) is 1.26. The Kier molecular flexibility index (Phi) is 4.45. The fourth-order valence-electron chi connectivity index (χ4n) is 1.15. The monoisotopic (exact) mass is 230 g/mol. The Labute approximate surface area is 98.5 Å². The highest BCUT2D eigenvalue weighted by Gasteiger charge is 2.07. The van der Waals surface area contributed by atoms with Crippen LogP contribution in [-0.4, -0.2) is 19.2 Å². The van der Waals surface area contributed by atoms with E-state index < -0.39 is 0 Å². The van der Waals surface area contributed by atoms with Gasteiger partial charge in [-0.15, -0.1) is 5.26 Å². The molecule has 5 nitrogen and oxygen atoms in total. The molecule has 0 aliphatic heterocycles. The third-order valence-electron chi connectivity index (χ3n) is 2.04. The fourth-order valence-corrected chi connectivity index (χ4v) is 1.15. The van der Waals surface area contributed by atoms with Gasteiger partial charge in [0.2, 0.25) is 0 Å². The van der Waals surface area contributed by atoms with Crippen LogP contribution in [0.4, 0.5) is 5.69 Å². The van der Waals surface area contributed by atoms with Crippen LogP contribution in [0.25, 0.3) is 0 Å². The Morgan fingerprint density at radius 2 is 2.06 bits per heavy atom. The van der Waals surface area contributed by atoms with Gasteiger partial charge in [-0.1, -0.05) is 0 Å². The average molecular weight is 230 g/mol. The summed E-state index contributed by atoms with van der Waals surface area (Å²) < 4.78 is 4.61. The first-order valence-electron chi connectivity index (χ1n) is 4.74. The number of allylic oxidation sites excluding steroid dienone is 1. The van der Waals surface area contributed by atoms with Crippen molar-refractivity contribution >= 4 is 17.9 Å². The molecule has 0 atom stereocenters. The van der Waals surface area contributed by atoms with Crippen molar-refractivity contribution in [3.8, 4) is 12.0 Å². The highest BCUT2D eigenvalue weighted by atomic mass is 16.5. The molecule has 0 aromatic heterocycles. The Morgan fingerprint density at radius 3 is 2.59 bits per heavy atom. The van der Waals surface area contributed by atoms with E-state index in [1.54, 1.807) is 37.6 Å². The molecule has 0 aliphatic rings. The van der Waals surface area contributed by atoms with Crippen molar-refractivity contribution in [2.24, 2.45) is 0 Å². The van der Waals surface area contributed by atoms with Gasteiger partial charge in [-0.25, -0.2) is 0 Å². The van der Waals surface area contributed by atoms with E-state index in [2.05, 4.69) is 4.74 Å². The summed E-state index contributed by atoms with van der Waals surface area (Å²) in [6, 6.07) is 6.43. The molecule has 0 N–H and O–H groups in total. The molecule has 0 spiro atoms. The molecule has 86 valence electrons. The number of hydrogen-bond donors (Lipinski definition) is 0. The SMILES string of the molecule is CN(C(=O)/C=C\C=O)c1ccc(OC#N)cc1. The molecular formula is C12H10N2O3. The average Bonchev–Trinajstić information content (AvgIpc) is 2.36. The summed E-state index contributed by atoms with van der Waals surface area (Å²) in [5.41, 5.74) is 0.635. The quantitative estimate of drug-likeness (QED) is 0.443. The normalized spacial score (nSPS) is 9.65. The number of amides is 1. The minimum atomic E-state index is -0.314. The van der Waals surface area contributed by atoms with E-state index in [-0.39, 0.29) is 5.91 Å². The second-order valence-electron chi connectivity index (χ2n) is 3.08. The summed E-state index contributed by atoms with van der Waals surface area (Å²) in [4.78, 5) is 23.0. The van der Waals surface area contributed by atoms with Gasteiger partial charge in [-0.05, 0) is 30.3 Å². The molecule has 1 amide bonds. The third kappa shape index (κ3) is 3.47. The number of ether oxygens (including phenoxy) is 1. The van der Waals surface area contributed by atoms with Crippen LogP contribution >= 0.6 is 0 Å². The van der Waals surface area contributed by atoms with Crippen LogP contribution in [-0.2, 0) is 9.59 Å². The van der Waals surface area contributed by atoms with Gasteiger partial charge in [0.1, 0.15) is 12.0 Å². The van der Waals surface area contributed by atoms with Crippen molar-refractivity contribution in [1.82, 2.24) is 0 Å². The standard InChI is InChI=1S/C12H10N2O3/c1-14(12(16)3-2-8-15)10-4-6-11(7-5-10)17-9-13/h2-8H,1H3/b3-2-. The van der Waals surface area contributed by atoms with Crippen LogP contribution in [0.5, 0.6) is 5.75 Å². The number of carbonyl (C=O) groups is 2. The van der Waals surface area contributed by atoms with Crippen molar-refractivity contribution in [3.05, 3.63) is 36.4 Å². The van der Waals surface area contributed by atoms with Gasteiger partial charge in [0.15, 0.2) is 0 Å². The van der Waals surface area contributed by atoms with Crippen LogP contribution in [0.1, 0.15) is 0 Å². The maximum atomic E-state index is 11.5. The van der Waals surface area contributed by atoms with Crippen molar-refractivity contribution in [3.63, 3.8) is 0 Å². The van der Waals surface area contributed by atoms with Crippen LogP contribution in [0.3, 0.4) is 0 Å². The molecule has 0 heterocycles. The van der Waals surface area contributed by atoms with E-state index in [1.165, 1.54) is 11.0 Å². The molecule has 1 rings (SSSR count). The molecule has 1 aromatic carbocycles. The summed E-state index contributed by atoms with van der Waals surface area (Å²) in [7, 11) is 1.58. The van der Waals surface area contributed by atoms with Crippen molar-refractivity contribution < 1.29 is 14.3 Å². The summed E-state index contributed by atoms with van der Waals surface area (Å²) in [6.07, 6.45) is 4.39. The Bertz CT molecular complexity index is 472. The van der Waals surface area contributed by atoms with E-state index in [1.807, 2.05) is 0 Å². The Morgan fingerprint density at radius 1 is 1.41 bits per heavy atom. The van der Waals surface area contributed by atoms with Gasteiger partial charge in [-0.2, -0.15) is 0 Å². The van der Waals surface area contributed by atoms with Crippen LogP contribution in [0.2, 0.25) is 0 Å². The zero-order chi connectivity index (χ0) is 12.7. The zero-order valence-electron chi connectivity index (χ0n) is 9.16. The number of aldehydes is 1. The van der Waals surface area contributed by atoms with E-state index in [9.17, 15) is 9.59 Å². The number of nitrogens with zero attached hydrogens (tertiary/aromatic N) is 2. The van der Waals surface area contributed by atoms with Crippen LogP contribution < -0.4 is 9.64 Å². The maximum Gasteiger partial charge on any atom is 0.292 e. The van der Waals surface area contributed by atoms with Gasteiger partial charge in [0, 0.05) is 18.8 Å². The molecule has 0 bridgehead atoms. The van der Waals surface area contributed by atoms with Crippen LogP contribution in [0, 0.1) is 11.5 Å². The van der Waals surface area contributed by atoms with E-state index in [0.29, 0.717) is 17.7 Å². The number of benzene rings is 1. The fraction of sp³-hybridized carbons (Fsp3) is 0.0833. The minimum Gasteiger partial charge on any atom is -0.388 e. The molecule has 0 saturated carbocycles. The molecule has 0 radical (unpaired) electrons. The van der Waals surface area contributed by atoms with E-state index in [0.717, 1.165) is 6.08 Å². The molecule has 0 saturated heterocycles.